The Morgan fingerprint density at radius 1 is 0.600 bits per heavy atom. The van der Waals surface area contributed by atoms with Crippen molar-refractivity contribution >= 4 is 0 Å². The van der Waals surface area contributed by atoms with Gasteiger partial charge in [-0.25, -0.2) is 0 Å². The highest BCUT2D eigenvalue weighted by Gasteiger charge is 2.39. The van der Waals surface area contributed by atoms with E-state index < -0.39 is 5.54 Å². The van der Waals surface area contributed by atoms with Gasteiger partial charge in [0.2, 0.25) is 0 Å². The zero-order chi connectivity index (χ0) is 21.0. The predicted octanol–water partition coefficient (Wildman–Crippen LogP) is 4.75. The van der Waals surface area contributed by atoms with Crippen molar-refractivity contribution in [1.29, 1.82) is 0 Å². The van der Waals surface area contributed by atoms with Gasteiger partial charge in [-0.05, 0) is 59.2 Å². The highest BCUT2D eigenvalue weighted by Crippen LogP contribution is 2.41. The fraction of sp³-hybridized carbons (Fsp3) is 0.160. The number of ether oxygens (including phenoxy) is 3. The molecule has 4 aromatic rings. The van der Waals surface area contributed by atoms with Crippen molar-refractivity contribution < 1.29 is 14.2 Å². The largest absolute Gasteiger partial charge is 0.497 e. The fourth-order valence-electron chi connectivity index (χ4n) is 3.86. The molecule has 0 N–H and O–H groups in total. The smallest absolute Gasteiger partial charge is 0.138 e. The van der Waals surface area contributed by atoms with Crippen LogP contribution in [0.1, 0.15) is 16.7 Å². The van der Waals surface area contributed by atoms with E-state index in [0.717, 1.165) is 33.9 Å². The summed E-state index contributed by atoms with van der Waals surface area (Å²) >= 11 is 0. The molecule has 0 aliphatic rings. The molecule has 0 fully saturated rings. The van der Waals surface area contributed by atoms with Crippen molar-refractivity contribution in [3.8, 4) is 17.2 Å². The first kappa shape index (κ1) is 19.6. The summed E-state index contributed by atoms with van der Waals surface area (Å²) in [6.07, 6.45) is 3.78. The predicted molar refractivity (Wildman–Crippen MR) is 116 cm³/mol. The summed E-state index contributed by atoms with van der Waals surface area (Å²) in [7, 11) is 5.01. The molecule has 152 valence electrons. The minimum absolute atomic E-state index is 0.686. The zero-order valence-electron chi connectivity index (χ0n) is 17.3. The Kier molecular flexibility index (Phi) is 5.44. The molecular formula is C25H24N2O3. The molecule has 4 rings (SSSR count). The molecule has 3 aromatic carbocycles. The number of benzene rings is 3. The lowest BCUT2D eigenvalue weighted by molar-refractivity contribution is 0.410. The molecule has 0 atom stereocenters. The highest BCUT2D eigenvalue weighted by atomic mass is 16.5. The second-order valence-corrected chi connectivity index (χ2v) is 6.85. The summed E-state index contributed by atoms with van der Waals surface area (Å²) in [6, 6.07) is 26.2. The number of nitrogens with zero attached hydrogens (tertiary/aromatic N) is 2. The molecule has 0 unspecified atom stereocenters. The van der Waals surface area contributed by atoms with Crippen LogP contribution >= 0.6 is 0 Å². The summed E-state index contributed by atoms with van der Waals surface area (Å²) in [5.74, 6) is 2.41. The van der Waals surface area contributed by atoms with Crippen molar-refractivity contribution in [2.24, 2.45) is 0 Å². The standard InChI is InChI=1S/C25H24N2O3/c1-28-22-11-5-19(6-12-22)25(27-18-4-17-26-27,20-7-13-23(29-2)14-8-20)21-9-15-24(30-3)16-10-21/h4-18H,1-3H3. The molecular weight excluding hydrogens is 376 g/mol. The van der Waals surface area contributed by atoms with Crippen LogP contribution in [0, 0.1) is 0 Å². The van der Waals surface area contributed by atoms with Crippen molar-refractivity contribution in [3.63, 3.8) is 0 Å². The van der Waals surface area contributed by atoms with E-state index in [-0.39, 0.29) is 0 Å². The highest BCUT2D eigenvalue weighted by molar-refractivity contribution is 5.53. The van der Waals surface area contributed by atoms with E-state index in [1.165, 1.54) is 0 Å². The fourth-order valence-corrected chi connectivity index (χ4v) is 3.86. The van der Waals surface area contributed by atoms with Gasteiger partial charge in [0.25, 0.3) is 0 Å². The maximum atomic E-state index is 5.39. The third-order valence-corrected chi connectivity index (χ3v) is 5.37. The van der Waals surface area contributed by atoms with Gasteiger partial charge in [0.1, 0.15) is 22.8 Å². The van der Waals surface area contributed by atoms with Gasteiger partial charge in [-0.15, -0.1) is 0 Å². The minimum atomic E-state index is -0.686. The average Bonchev–Trinajstić information content (AvgIpc) is 3.36. The van der Waals surface area contributed by atoms with Gasteiger partial charge in [0.05, 0.1) is 21.3 Å². The van der Waals surface area contributed by atoms with E-state index in [9.17, 15) is 0 Å². The molecule has 5 heteroatoms. The van der Waals surface area contributed by atoms with Crippen LogP contribution in [0.25, 0.3) is 0 Å². The first-order valence-electron chi connectivity index (χ1n) is 9.66. The Morgan fingerprint density at radius 3 is 1.23 bits per heavy atom. The van der Waals surface area contributed by atoms with Crippen LogP contribution in [0.5, 0.6) is 17.2 Å². The van der Waals surface area contributed by atoms with Crippen molar-refractivity contribution in [1.82, 2.24) is 9.78 Å². The van der Waals surface area contributed by atoms with Crippen molar-refractivity contribution in [2.45, 2.75) is 5.54 Å². The molecule has 0 saturated carbocycles. The van der Waals surface area contributed by atoms with Gasteiger partial charge in [-0.2, -0.15) is 5.10 Å². The SMILES string of the molecule is COc1ccc(C(c2ccc(OC)cc2)(c2ccc(OC)cc2)n2cccn2)cc1. The van der Waals surface area contributed by atoms with Crippen LogP contribution in [0.15, 0.2) is 91.3 Å². The lowest BCUT2D eigenvalue weighted by Crippen LogP contribution is -2.38. The van der Waals surface area contributed by atoms with Gasteiger partial charge in [-0.3, -0.25) is 4.68 Å². The molecule has 1 aromatic heterocycles. The number of hydrogen-bond acceptors (Lipinski definition) is 4. The van der Waals surface area contributed by atoms with E-state index in [1.807, 2.05) is 53.3 Å². The molecule has 0 bridgehead atoms. The number of hydrogen-bond donors (Lipinski definition) is 0. The number of methoxy groups -OCH3 is 3. The molecule has 1 heterocycles. The van der Waals surface area contributed by atoms with Crippen LogP contribution in [-0.2, 0) is 5.54 Å². The average molecular weight is 400 g/mol. The summed E-state index contributed by atoms with van der Waals surface area (Å²) in [5.41, 5.74) is 2.49. The molecule has 0 saturated heterocycles. The second kappa shape index (κ2) is 8.33. The van der Waals surface area contributed by atoms with E-state index in [1.54, 1.807) is 27.5 Å². The van der Waals surface area contributed by atoms with E-state index >= 15 is 0 Å². The third-order valence-electron chi connectivity index (χ3n) is 5.37. The molecule has 0 radical (unpaired) electrons. The van der Waals surface area contributed by atoms with Crippen molar-refractivity contribution in [2.75, 3.05) is 21.3 Å². The second-order valence-electron chi connectivity index (χ2n) is 6.85. The van der Waals surface area contributed by atoms with Gasteiger partial charge in [-0.1, -0.05) is 36.4 Å². The molecule has 5 nitrogen and oxygen atoms in total. The zero-order valence-corrected chi connectivity index (χ0v) is 17.3. The first-order valence-corrected chi connectivity index (χ1v) is 9.66. The molecule has 30 heavy (non-hydrogen) atoms. The first-order chi connectivity index (χ1) is 14.7. The maximum Gasteiger partial charge on any atom is 0.138 e. The van der Waals surface area contributed by atoms with Crippen LogP contribution < -0.4 is 14.2 Å². The minimum Gasteiger partial charge on any atom is -0.497 e. The molecule has 0 aliphatic heterocycles. The van der Waals surface area contributed by atoms with Crippen molar-refractivity contribution in [3.05, 3.63) is 108 Å². The van der Waals surface area contributed by atoms with E-state index in [4.69, 9.17) is 14.2 Å². The van der Waals surface area contributed by atoms with Gasteiger partial charge in [0.15, 0.2) is 0 Å². The summed E-state index contributed by atoms with van der Waals surface area (Å²) in [5, 5.41) is 4.67. The van der Waals surface area contributed by atoms with Gasteiger partial charge in [0, 0.05) is 12.4 Å². The monoisotopic (exact) mass is 400 g/mol. The summed E-state index contributed by atoms with van der Waals surface area (Å²) in [4.78, 5) is 0. The Labute approximate surface area is 176 Å². The third kappa shape index (κ3) is 3.28. The Bertz CT molecular complexity index is 955. The normalized spacial score (nSPS) is 11.2. The Hall–Kier alpha value is -3.73. The lowest BCUT2D eigenvalue weighted by atomic mass is 9.77. The lowest BCUT2D eigenvalue weighted by Gasteiger charge is -2.36. The summed E-state index contributed by atoms with van der Waals surface area (Å²) < 4.78 is 18.2. The van der Waals surface area contributed by atoms with Gasteiger partial charge >= 0.3 is 0 Å². The topological polar surface area (TPSA) is 45.5 Å². The molecule has 0 spiro atoms. The van der Waals surface area contributed by atoms with Crippen LogP contribution in [0.4, 0.5) is 0 Å². The molecule has 0 amide bonds. The van der Waals surface area contributed by atoms with Crippen LogP contribution in [0.3, 0.4) is 0 Å². The Morgan fingerprint density at radius 2 is 0.967 bits per heavy atom. The van der Waals surface area contributed by atoms with E-state index in [0.29, 0.717) is 0 Å². The van der Waals surface area contributed by atoms with E-state index in [2.05, 4.69) is 41.5 Å². The summed E-state index contributed by atoms with van der Waals surface area (Å²) in [6.45, 7) is 0. The number of rotatable bonds is 7. The van der Waals surface area contributed by atoms with Gasteiger partial charge < -0.3 is 14.2 Å². The number of aromatic nitrogens is 2. The van der Waals surface area contributed by atoms with Crippen LogP contribution in [-0.4, -0.2) is 31.1 Å². The Balaban J connectivity index is 2.03. The van der Waals surface area contributed by atoms with Crippen LogP contribution in [0.2, 0.25) is 0 Å². The quantitative estimate of drug-likeness (QED) is 0.420. The molecule has 0 aliphatic carbocycles. The maximum absolute atomic E-state index is 5.39.